The fraction of sp³-hybridized carbons (Fsp3) is 1.00. The summed E-state index contributed by atoms with van der Waals surface area (Å²) in [5.74, 6) is 0.970. The molecule has 0 aromatic rings. The summed E-state index contributed by atoms with van der Waals surface area (Å²) in [6.07, 6.45) is 7.30. The van der Waals surface area contributed by atoms with Crippen LogP contribution < -0.4 is 5.32 Å². The number of aliphatic hydroxyl groups is 1. The van der Waals surface area contributed by atoms with Gasteiger partial charge in [0, 0.05) is 24.8 Å². The van der Waals surface area contributed by atoms with Gasteiger partial charge in [0.1, 0.15) is 0 Å². The van der Waals surface area contributed by atoms with Crippen molar-refractivity contribution in [1.29, 1.82) is 0 Å². The summed E-state index contributed by atoms with van der Waals surface area (Å²) in [7, 11) is 0. The number of hydrogen-bond acceptors (Lipinski definition) is 3. The van der Waals surface area contributed by atoms with Gasteiger partial charge in [-0.3, -0.25) is 0 Å². The van der Waals surface area contributed by atoms with E-state index in [4.69, 9.17) is 4.74 Å². The first kappa shape index (κ1) is 15.9. The Morgan fingerprint density at radius 2 is 2.00 bits per heavy atom. The van der Waals surface area contributed by atoms with Crippen molar-refractivity contribution in [2.24, 2.45) is 5.92 Å². The smallest absolute Gasteiger partial charge is 0.0610 e. The fourth-order valence-electron chi connectivity index (χ4n) is 2.37. The SMILES string of the molecule is CC(C)NC(C)(CO)CCCCOCCC1CC1. The molecule has 0 radical (unpaired) electrons. The molecule has 1 aliphatic carbocycles. The van der Waals surface area contributed by atoms with Gasteiger partial charge in [-0.2, -0.15) is 0 Å². The van der Waals surface area contributed by atoms with Crippen LogP contribution in [0.5, 0.6) is 0 Å². The van der Waals surface area contributed by atoms with Crippen LogP contribution in [0.2, 0.25) is 0 Å². The Kier molecular flexibility index (Phi) is 7.20. The average Bonchev–Trinajstić information content (AvgIpc) is 3.11. The molecule has 0 aromatic carbocycles. The van der Waals surface area contributed by atoms with Crippen molar-refractivity contribution in [3.63, 3.8) is 0 Å². The van der Waals surface area contributed by atoms with Gasteiger partial charge in [-0.05, 0) is 38.5 Å². The molecule has 3 nitrogen and oxygen atoms in total. The lowest BCUT2D eigenvalue weighted by Gasteiger charge is -2.31. The van der Waals surface area contributed by atoms with Gasteiger partial charge in [0.2, 0.25) is 0 Å². The molecule has 1 rings (SSSR count). The first-order valence-electron chi connectivity index (χ1n) is 7.52. The van der Waals surface area contributed by atoms with E-state index < -0.39 is 0 Å². The van der Waals surface area contributed by atoms with Crippen LogP contribution in [0.1, 0.15) is 59.3 Å². The Balaban J connectivity index is 1.96. The summed E-state index contributed by atoms with van der Waals surface area (Å²) < 4.78 is 5.63. The Hall–Kier alpha value is -0.120. The molecule has 1 unspecified atom stereocenters. The maximum absolute atomic E-state index is 9.45. The molecule has 1 saturated carbocycles. The molecule has 1 fully saturated rings. The van der Waals surface area contributed by atoms with Crippen LogP contribution in [-0.4, -0.2) is 36.5 Å². The van der Waals surface area contributed by atoms with Crippen LogP contribution >= 0.6 is 0 Å². The van der Waals surface area contributed by atoms with Crippen molar-refractivity contribution >= 4 is 0 Å². The van der Waals surface area contributed by atoms with Crippen molar-refractivity contribution in [1.82, 2.24) is 5.32 Å². The van der Waals surface area contributed by atoms with Gasteiger partial charge in [0.25, 0.3) is 0 Å². The summed E-state index contributed by atoms with van der Waals surface area (Å²) in [6.45, 7) is 8.35. The average molecular weight is 257 g/mol. The zero-order chi connectivity index (χ0) is 13.4. The van der Waals surface area contributed by atoms with Gasteiger partial charge in [-0.1, -0.05) is 26.7 Å². The molecule has 108 valence electrons. The van der Waals surface area contributed by atoms with E-state index in [0.29, 0.717) is 6.04 Å². The quantitative estimate of drug-likeness (QED) is 0.559. The summed E-state index contributed by atoms with van der Waals surface area (Å²) in [4.78, 5) is 0. The van der Waals surface area contributed by atoms with Crippen molar-refractivity contribution in [3.8, 4) is 0 Å². The molecular weight excluding hydrogens is 226 g/mol. The topological polar surface area (TPSA) is 41.5 Å². The van der Waals surface area contributed by atoms with E-state index in [0.717, 1.165) is 38.4 Å². The highest BCUT2D eigenvalue weighted by Crippen LogP contribution is 2.32. The third-order valence-electron chi connectivity index (χ3n) is 3.62. The third-order valence-corrected chi connectivity index (χ3v) is 3.62. The largest absolute Gasteiger partial charge is 0.394 e. The zero-order valence-corrected chi connectivity index (χ0v) is 12.4. The van der Waals surface area contributed by atoms with Gasteiger partial charge in [0.15, 0.2) is 0 Å². The molecule has 2 N–H and O–H groups in total. The number of aliphatic hydroxyl groups excluding tert-OH is 1. The monoisotopic (exact) mass is 257 g/mol. The molecule has 0 amide bonds. The first-order valence-corrected chi connectivity index (χ1v) is 7.52. The van der Waals surface area contributed by atoms with E-state index in [1.54, 1.807) is 0 Å². The molecule has 1 aliphatic rings. The maximum Gasteiger partial charge on any atom is 0.0610 e. The second-order valence-electron chi connectivity index (χ2n) is 6.32. The Morgan fingerprint density at radius 1 is 1.28 bits per heavy atom. The van der Waals surface area contributed by atoms with Crippen LogP contribution in [-0.2, 0) is 4.74 Å². The number of rotatable bonds is 11. The Labute approximate surface area is 112 Å². The summed E-state index contributed by atoms with van der Waals surface area (Å²) in [5.41, 5.74) is -0.137. The van der Waals surface area contributed by atoms with E-state index in [1.165, 1.54) is 19.3 Å². The standard InChI is InChI=1S/C15H31NO2/c1-13(2)16-15(3,12-17)9-4-5-10-18-11-8-14-6-7-14/h13-14,16-17H,4-12H2,1-3H3. The van der Waals surface area contributed by atoms with Gasteiger partial charge < -0.3 is 15.2 Å². The highest BCUT2D eigenvalue weighted by atomic mass is 16.5. The minimum atomic E-state index is -0.137. The van der Waals surface area contributed by atoms with E-state index in [2.05, 4.69) is 26.1 Å². The fourth-order valence-corrected chi connectivity index (χ4v) is 2.37. The molecule has 0 heterocycles. The van der Waals surface area contributed by atoms with Crippen LogP contribution in [0.4, 0.5) is 0 Å². The lowest BCUT2D eigenvalue weighted by atomic mass is 9.95. The Morgan fingerprint density at radius 3 is 2.56 bits per heavy atom. The normalized spacial score (nSPS) is 19.2. The minimum absolute atomic E-state index is 0.137. The van der Waals surface area contributed by atoms with Crippen molar-refractivity contribution in [2.75, 3.05) is 19.8 Å². The van der Waals surface area contributed by atoms with E-state index in [9.17, 15) is 5.11 Å². The molecule has 1 atom stereocenters. The number of ether oxygens (including phenoxy) is 1. The molecule has 0 aliphatic heterocycles. The van der Waals surface area contributed by atoms with Crippen LogP contribution in [0, 0.1) is 5.92 Å². The number of unbranched alkanes of at least 4 members (excludes halogenated alkanes) is 1. The number of hydrogen-bond donors (Lipinski definition) is 2. The van der Waals surface area contributed by atoms with Crippen LogP contribution in [0.3, 0.4) is 0 Å². The predicted molar refractivity (Wildman–Crippen MR) is 75.8 cm³/mol. The second kappa shape index (κ2) is 8.13. The van der Waals surface area contributed by atoms with Crippen molar-refractivity contribution in [2.45, 2.75) is 70.9 Å². The van der Waals surface area contributed by atoms with Crippen LogP contribution in [0.25, 0.3) is 0 Å². The highest BCUT2D eigenvalue weighted by Gasteiger charge is 2.23. The molecule has 0 spiro atoms. The first-order chi connectivity index (χ1) is 8.56. The van der Waals surface area contributed by atoms with Gasteiger partial charge in [-0.25, -0.2) is 0 Å². The molecule has 3 heteroatoms. The van der Waals surface area contributed by atoms with E-state index in [1.807, 2.05) is 0 Å². The maximum atomic E-state index is 9.45. The summed E-state index contributed by atoms with van der Waals surface area (Å²) in [5, 5.41) is 12.9. The molecule has 0 saturated heterocycles. The number of nitrogens with one attached hydrogen (secondary N) is 1. The van der Waals surface area contributed by atoms with Crippen LogP contribution in [0.15, 0.2) is 0 Å². The third kappa shape index (κ3) is 7.34. The molecular formula is C15H31NO2. The zero-order valence-electron chi connectivity index (χ0n) is 12.4. The van der Waals surface area contributed by atoms with Gasteiger partial charge >= 0.3 is 0 Å². The molecule has 18 heavy (non-hydrogen) atoms. The lowest BCUT2D eigenvalue weighted by Crippen LogP contribution is -2.49. The van der Waals surface area contributed by atoms with Gasteiger partial charge in [0.05, 0.1) is 6.61 Å². The van der Waals surface area contributed by atoms with E-state index in [-0.39, 0.29) is 12.1 Å². The van der Waals surface area contributed by atoms with E-state index >= 15 is 0 Å². The second-order valence-corrected chi connectivity index (χ2v) is 6.32. The Bertz CT molecular complexity index is 217. The molecule has 0 bridgehead atoms. The van der Waals surface area contributed by atoms with Gasteiger partial charge in [-0.15, -0.1) is 0 Å². The lowest BCUT2D eigenvalue weighted by molar-refractivity contribution is 0.115. The summed E-state index contributed by atoms with van der Waals surface area (Å²) >= 11 is 0. The van der Waals surface area contributed by atoms with Crippen molar-refractivity contribution < 1.29 is 9.84 Å². The molecule has 0 aromatic heterocycles. The summed E-state index contributed by atoms with van der Waals surface area (Å²) in [6, 6.07) is 0.414. The predicted octanol–water partition coefficient (Wildman–Crippen LogP) is 2.72. The minimum Gasteiger partial charge on any atom is -0.394 e. The van der Waals surface area contributed by atoms with Crippen molar-refractivity contribution in [3.05, 3.63) is 0 Å². The highest BCUT2D eigenvalue weighted by molar-refractivity contribution is 4.83.